The highest BCUT2D eigenvalue weighted by Gasteiger charge is 2.27. The molecule has 1 saturated carbocycles. The zero-order valence-corrected chi connectivity index (χ0v) is 11.7. The van der Waals surface area contributed by atoms with Crippen molar-refractivity contribution in [3.8, 4) is 17.2 Å². The second-order valence-corrected chi connectivity index (χ2v) is 4.93. The van der Waals surface area contributed by atoms with Gasteiger partial charge in [-0.05, 0) is 37.9 Å². The van der Waals surface area contributed by atoms with Crippen molar-refractivity contribution in [3.63, 3.8) is 0 Å². The summed E-state index contributed by atoms with van der Waals surface area (Å²) in [4.78, 5) is 0. The second kappa shape index (κ2) is 6.66. The fourth-order valence-corrected chi connectivity index (χ4v) is 2.68. The number of rotatable bonds is 5. The number of para-hydroxylation sites is 1. The summed E-state index contributed by atoms with van der Waals surface area (Å²) >= 11 is 0. The Labute approximate surface area is 114 Å². The molecule has 1 fully saturated rings. The lowest BCUT2D eigenvalue weighted by Gasteiger charge is -2.31. The Morgan fingerprint density at radius 1 is 1.11 bits per heavy atom. The summed E-state index contributed by atoms with van der Waals surface area (Å²) in [6.07, 6.45) is 4.77. The minimum atomic E-state index is 0.156. The number of methoxy groups -OCH3 is 2. The van der Waals surface area contributed by atoms with E-state index in [1.807, 2.05) is 18.2 Å². The molecule has 0 bridgehead atoms. The standard InChI is InChI=1S/C15H23NO3/c1-17-13-8-5-9-14(18-2)15(13)19-12-7-4-3-6-11(12)10-16/h5,8-9,11-12H,3-4,6-7,10,16H2,1-2H3. The van der Waals surface area contributed by atoms with E-state index in [1.54, 1.807) is 14.2 Å². The van der Waals surface area contributed by atoms with Gasteiger partial charge in [-0.3, -0.25) is 0 Å². The van der Waals surface area contributed by atoms with Crippen molar-refractivity contribution in [3.05, 3.63) is 18.2 Å². The minimum absolute atomic E-state index is 0.156. The van der Waals surface area contributed by atoms with Crippen molar-refractivity contribution in [2.45, 2.75) is 31.8 Å². The first kappa shape index (κ1) is 14.0. The first-order valence-electron chi connectivity index (χ1n) is 6.87. The summed E-state index contributed by atoms with van der Waals surface area (Å²) in [6, 6.07) is 5.67. The van der Waals surface area contributed by atoms with Gasteiger partial charge in [-0.1, -0.05) is 12.5 Å². The quantitative estimate of drug-likeness (QED) is 0.889. The molecule has 0 aromatic heterocycles. The molecule has 2 rings (SSSR count). The van der Waals surface area contributed by atoms with E-state index in [0.717, 1.165) is 12.8 Å². The van der Waals surface area contributed by atoms with E-state index in [2.05, 4.69) is 0 Å². The molecule has 0 radical (unpaired) electrons. The fraction of sp³-hybridized carbons (Fsp3) is 0.600. The van der Waals surface area contributed by atoms with Crippen LogP contribution in [-0.2, 0) is 0 Å². The molecule has 2 N–H and O–H groups in total. The molecular formula is C15H23NO3. The Hall–Kier alpha value is -1.42. The topological polar surface area (TPSA) is 53.7 Å². The monoisotopic (exact) mass is 265 g/mol. The Bertz CT molecular complexity index is 386. The number of benzene rings is 1. The molecule has 2 atom stereocenters. The van der Waals surface area contributed by atoms with Crippen molar-refractivity contribution in [1.29, 1.82) is 0 Å². The van der Waals surface area contributed by atoms with Crippen molar-refractivity contribution in [1.82, 2.24) is 0 Å². The molecule has 2 unspecified atom stereocenters. The van der Waals surface area contributed by atoms with Crippen LogP contribution in [0.25, 0.3) is 0 Å². The Balaban J connectivity index is 2.21. The molecule has 0 amide bonds. The van der Waals surface area contributed by atoms with Gasteiger partial charge in [0, 0.05) is 5.92 Å². The molecule has 0 aliphatic heterocycles. The van der Waals surface area contributed by atoms with Crippen molar-refractivity contribution in [2.24, 2.45) is 11.7 Å². The number of hydrogen-bond acceptors (Lipinski definition) is 4. The highest BCUT2D eigenvalue weighted by atomic mass is 16.5. The smallest absolute Gasteiger partial charge is 0.203 e. The third-order valence-corrected chi connectivity index (χ3v) is 3.79. The largest absolute Gasteiger partial charge is 0.493 e. The minimum Gasteiger partial charge on any atom is -0.493 e. The van der Waals surface area contributed by atoms with Crippen LogP contribution >= 0.6 is 0 Å². The lowest BCUT2D eigenvalue weighted by atomic mass is 9.86. The molecule has 0 saturated heterocycles. The third kappa shape index (κ3) is 3.13. The van der Waals surface area contributed by atoms with Gasteiger partial charge in [-0.15, -0.1) is 0 Å². The maximum absolute atomic E-state index is 6.17. The predicted molar refractivity (Wildman–Crippen MR) is 75.0 cm³/mol. The molecular weight excluding hydrogens is 242 g/mol. The zero-order valence-electron chi connectivity index (χ0n) is 11.7. The molecule has 4 heteroatoms. The van der Waals surface area contributed by atoms with E-state index in [1.165, 1.54) is 12.8 Å². The summed E-state index contributed by atoms with van der Waals surface area (Å²) in [5.74, 6) is 2.53. The van der Waals surface area contributed by atoms with Crippen molar-refractivity contribution in [2.75, 3.05) is 20.8 Å². The van der Waals surface area contributed by atoms with E-state index in [-0.39, 0.29) is 6.10 Å². The summed E-state index contributed by atoms with van der Waals surface area (Å²) in [5.41, 5.74) is 5.85. The van der Waals surface area contributed by atoms with E-state index in [0.29, 0.717) is 29.7 Å². The van der Waals surface area contributed by atoms with Gasteiger partial charge in [0.05, 0.1) is 14.2 Å². The first-order valence-corrected chi connectivity index (χ1v) is 6.87. The fourth-order valence-electron chi connectivity index (χ4n) is 2.68. The highest BCUT2D eigenvalue weighted by Crippen LogP contribution is 2.39. The molecule has 4 nitrogen and oxygen atoms in total. The third-order valence-electron chi connectivity index (χ3n) is 3.79. The molecule has 0 spiro atoms. The van der Waals surface area contributed by atoms with Crippen LogP contribution in [-0.4, -0.2) is 26.9 Å². The van der Waals surface area contributed by atoms with Gasteiger partial charge in [0.1, 0.15) is 6.10 Å². The van der Waals surface area contributed by atoms with Crippen molar-refractivity contribution >= 4 is 0 Å². The molecule has 1 aromatic carbocycles. The van der Waals surface area contributed by atoms with Gasteiger partial charge in [0.15, 0.2) is 11.5 Å². The van der Waals surface area contributed by atoms with E-state index in [4.69, 9.17) is 19.9 Å². The summed E-state index contributed by atoms with van der Waals surface area (Å²) in [5, 5.41) is 0. The van der Waals surface area contributed by atoms with Crippen LogP contribution in [0.4, 0.5) is 0 Å². The van der Waals surface area contributed by atoms with E-state index < -0.39 is 0 Å². The maximum Gasteiger partial charge on any atom is 0.203 e. The number of hydrogen-bond donors (Lipinski definition) is 1. The van der Waals surface area contributed by atoms with Crippen LogP contribution in [0.15, 0.2) is 18.2 Å². The van der Waals surface area contributed by atoms with Crippen LogP contribution in [0.1, 0.15) is 25.7 Å². The Kier molecular flexibility index (Phi) is 4.91. The Morgan fingerprint density at radius 3 is 2.32 bits per heavy atom. The van der Waals surface area contributed by atoms with Crippen LogP contribution in [0, 0.1) is 5.92 Å². The van der Waals surface area contributed by atoms with E-state index in [9.17, 15) is 0 Å². The maximum atomic E-state index is 6.17. The molecule has 0 heterocycles. The second-order valence-electron chi connectivity index (χ2n) is 4.93. The van der Waals surface area contributed by atoms with Crippen LogP contribution in [0.2, 0.25) is 0 Å². The molecule has 19 heavy (non-hydrogen) atoms. The molecule has 1 aliphatic rings. The Morgan fingerprint density at radius 2 is 1.74 bits per heavy atom. The predicted octanol–water partition coefficient (Wildman–Crippen LogP) is 2.60. The average Bonchev–Trinajstić information content (AvgIpc) is 2.48. The van der Waals surface area contributed by atoms with E-state index >= 15 is 0 Å². The summed E-state index contributed by atoms with van der Waals surface area (Å²) in [7, 11) is 3.28. The van der Waals surface area contributed by atoms with Gasteiger partial charge in [-0.2, -0.15) is 0 Å². The number of nitrogens with two attached hydrogens (primary N) is 1. The summed E-state index contributed by atoms with van der Waals surface area (Å²) in [6.45, 7) is 0.669. The van der Waals surface area contributed by atoms with Crippen LogP contribution in [0.3, 0.4) is 0 Å². The molecule has 1 aromatic rings. The molecule has 1 aliphatic carbocycles. The lowest BCUT2D eigenvalue weighted by Crippen LogP contribution is -2.35. The molecule has 106 valence electrons. The normalized spacial score (nSPS) is 22.9. The van der Waals surface area contributed by atoms with Gasteiger partial charge in [0.2, 0.25) is 5.75 Å². The van der Waals surface area contributed by atoms with Gasteiger partial charge < -0.3 is 19.9 Å². The van der Waals surface area contributed by atoms with Crippen molar-refractivity contribution < 1.29 is 14.2 Å². The highest BCUT2D eigenvalue weighted by molar-refractivity contribution is 5.51. The average molecular weight is 265 g/mol. The zero-order chi connectivity index (χ0) is 13.7. The SMILES string of the molecule is COc1cccc(OC)c1OC1CCCCC1CN. The first-order chi connectivity index (χ1) is 9.30. The van der Waals surface area contributed by atoms with Crippen LogP contribution in [0.5, 0.6) is 17.2 Å². The van der Waals surface area contributed by atoms with Gasteiger partial charge in [-0.25, -0.2) is 0 Å². The summed E-state index contributed by atoms with van der Waals surface area (Å²) < 4.78 is 16.9. The number of ether oxygens (including phenoxy) is 3. The lowest BCUT2D eigenvalue weighted by molar-refractivity contribution is 0.0904. The van der Waals surface area contributed by atoms with Gasteiger partial charge in [0.25, 0.3) is 0 Å². The van der Waals surface area contributed by atoms with Gasteiger partial charge >= 0.3 is 0 Å². The van der Waals surface area contributed by atoms with Crippen LogP contribution < -0.4 is 19.9 Å².